The van der Waals surface area contributed by atoms with Crippen LogP contribution in [0, 0.1) is 11.6 Å². The molecule has 2 aromatic heterocycles. The number of rotatable bonds is 5. The predicted octanol–water partition coefficient (Wildman–Crippen LogP) is 3.57. The zero-order valence-electron chi connectivity index (χ0n) is 13.6. The van der Waals surface area contributed by atoms with E-state index in [1.807, 2.05) is 5.38 Å². The topological polar surface area (TPSA) is 75.3 Å². The van der Waals surface area contributed by atoms with Crippen LogP contribution in [0.1, 0.15) is 20.1 Å². The highest BCUT2D eigenvalue weighted by Crippen LogP contribution is 2.21. The molecule has 9 heteroatoms. The Bertz CT molecular complexity index is 1000. The first-order valence-corrected chi connectivity index (χ1v) is 9.40. The van der Waals surface area contributed by atoms with Gasteiger partial charge in [-0.25, -0.2) is 8.78 Å². The van der Waals surface area contributed by atoms with Crippen LogP contribution in [0.5, 0.6) is 0 Å². The van der Waals surface area contributed by atoms with Gasteiger partial charge in [-0.05, 0) is 35.7 Å². The van der Waals surface area contributed by atoms with Crippen LogP contribution < -0.4 is 10.6 Å². The van der Waals surface area contributed by atoms with Gasteiger partial charge < -0.3 is 10.6 Å². The van der Waals surface area contributed by atoms with Gasteiger partial charge in [0.15, 0.2) is 0 Å². The molecule has 0 saturated heterocycles. The molecule has 5 nitrogen and oxygen atoms in total. The summed E-state index contributed by atoms with van der Waals surface area (Å²) in [6.45, 7) is 0.0414. The number of hydrogen-bond donors (Lipinski definition) is 2. The van der Waals surface area contributed by atoms with Crippen molar-refractivity contribution in [2.24, 2.45) is 0 Å². The van der Waals surface area contributed by atoms with Crippen molar-refractivity contribution in [1.29, 1.82) is 0 Å². The van der Waals surface area contributed by atoms with Gasteiger partial charge in [-0.3, -0.25) is 14.4 Å². The van der Waals surface area contributed by atoms with Crippen molar-refractivity contribution in [2.75, 3.05) is 5.32 Å². The van der Waals surface area contributed by atoms with E-state index < -0.39 is 23.4 Å². The van der Waals surface area contributed by atoms with Crippen molar-refractivity contribution in [1.82, 2.24) is 5.32 Å². The first kappa shape index (κ1) is 18.9. The average molecular weight is 406 g/mol. The lowest BCUT2D eigenvalue weighted by Gasteiger charge is -2.06. The molecule has 0 atom stereocenters. The van der Waals surface area contributed by atoms with Gasteiger partial charge in [0, 0.05) is 21.9 Å². The number of halogens is 2. The Morgan fingerprint density at radius 2 is 1.81 bits per heavy atom. The maximum atomic E-state index is 13.5. The third kappa shape index (κ3) is 4.63. The van der Waals surface area contributed by atoms with E-state index in [1.165, 1.54) is 22.7 Å². The molecule has 138 valence electrons. The van der Waals surface area contributed by atoms with Crippen LogP contribution in [-0.4, -0.2) is 17.6 Å². The maximum absolute atomic E-state index is 13.5. The molecule has 0 unspecified atom stereocenters. The highest BCUT2D eigenvalue weighted by atomic mass is 32.1. The Morgan fingerprint density at radius 1 is 1.00 bits per heavy atom. The van der Waals surface area contributed by atoms with Crippen LogP contribution in [0.25, 0.3) is 0 Å². The van der Waals surface area contributed by atoms with Crippen LogP contribution in [0.15, 0.2) is 47.2 Å². The summed E-state index contributed by atoms with van der Waals surface area (Å²) in [6.07, 6.45) is 0. The molecule has 1 aromatic carbocycles. The number of nitrogens with one attached hydrogen (secondary N) is 2. The van der Waals surface area contributed by atoms with E-state index in [4.69, 9.17) is 0 Å². The number of carbonyl (C=O) groups excluding carboxylic acids is 3. The minimum atomic E-state index is -1.08. The molecule has 2 heterocycles. The van der Waals surface area contributed by atoms with E-state index in [-0.39, 0.29) is 18.0 Å². The van der Waals surface area contributed by atoms with Crippen LogP contribution in [0.2, 0.25) is 0 Å². The van der Waals surface area contributed by atoms with Gasteiger partial charge >= 0.3 is 11.8 Å². The number of ketones is 1. The molecule has 0 radical (unpaired) electrons. The number of thiophene rings is 2. The lowest BCUT2D eigenvalue weighted by Crippen LogP contribution is -2.35. The number of amides is 2. The molecule has 2 amide bonds. The van der Waals surface area contributed by atoms with E-state index in [9.17, 15) is 23.2 Å². The van der Waals surface area contributed by atoms with Crippen LogP contribution >= 0.6 is 22.7 Å². The molecule has 3 aromatic rings. The summed E-state index contributed by atoms with van der Waals surface area (Å²) in [4.78, 5) is 37.1. The SMILES string of the molecule is O=C(NCc1ccc(C(=O)c2ccsc2)s1)C(=O)Nc1ccc(F)cc1F. The quantitative estimate of drug-likeness (QED) is 0.502. The van der Waals surface area contributed by atoms with Gasteiger partial charge in [0.25, 0.3) is 0 Å². The molecular weight excluding hydrogens is 394 g/mol. The minimum absolute atomic E-state index is 0.0414. The largest absolute Gasteiger partial charge is 0.343 e. The predicted molar refractivity (Wildman–Crippen MR) is 98.9 cm³/mol. The van der Waals surface area contributed by atoms with Crippen molar-refractivity contribution in [3.05, 3.63) is 74.1 Å². The molecule has 0 aliphatic heterocycles. The second-order valence-corrected chi connectivity index (χ2v) is 7.32. The first-order chi connectivity index (χ1) is 12.9. The standard InChI is InChI=1S/C18H12F2N2O3S2/c19-11-1-3-14(13(20)7-11)22-18(25)17(24)21-8-12-2-4-15(27-12)16(23)10-5-6-26-9-10/h1-7,9H,8H2,(H,21,24)(H,22,25). The summed E-state index contributed by atoms with van der Waals surface area (Å²) in [7, 11) is 0. The van der Waals surface area contributed by atoms with Crippen molar-refractivity contribution in [3.8, 4) is 0 Å². The van der Waals surface area contributed by atoms with Crippen LogP contribution in [-0.2, 0) is 16.1 Å². The van der Waals surface area contributed by atoms with E-state index in [0.717, 1.165) is 12.1 Å². The van der Waals surface area contributed by atoms with Gasteiger partial charge in [-0.2, -0.15) is 11.3 Å². The normalized spacial score (nSPS) is 10.4. The highest BCUT2D eigenvalue weighted by molar-refractivity contribution is 7.14. The Kier molecular flexibility index (Phi) is 5.72. The fourth-order valence-corrected chi connectivity index (χ4v) is 3.69. The van der Waals surface area contributed by atoms with Gasteiger partial charge in [0.1, 0.15) is 11.6 Å². The number of carbonyl (C=O) groups is 3. The molecular formula is C18H12F2N2O3S2. The molecule has 2 N–H and O–H groups in total. The van der Waals surface area contributed by atoms with E-state index in [2.05, 4.69) is 10.6 Å². The summed E-state index contributed by atoms with van der Waals surface area (Å²) >= 11 is 2.63. The van der Waals surface area contributed by atoms with Gasteiger partial charge in [0.2, 0.25) is 5.78 Å². The van der Waals surface area contributed by atoms with Crippen molar-refractivity contribution in [3.63, 3.8) is 0 Å². The summed E-state index contributed by atoms with van der Waals surface area (Å²) < 4.78 is 26.4. The maximum Gasteiger partial charge on any atom is 0.313 e. The molecule has 3 rings (SSSR count). The lowest BCUT2D eigenvalue weighted by molar-refractivity contribution is -0.136. The molecule has 27 heavy (non-hydrogen) atoms. The van der Waals surface area contributed by atoms with Gasteiger partial charge in [-0.1, -0.05) is 0 Å². The molecule has 0 saturated carbocycles. The average Bonchev–Trinajstić information content (AvgIpc) is 3.33. The fraction of sp³-hybridized carbons (Fsp3) is 0.0556. The van der Waals surface area contributed by atoms with Crippen LogP contribution in [0.4, 0.5) is 14.5 Å². The Morgan fingerprint density at radius 3 is 2.52 bits per heavy atom. The summed E-state index contributed by atoms with van der Waals surface area (Å²) in [6, 6.07) is 7.66. The summed E-state index contributed by atoms with van der Waals surface area (Å²) in [5.41, 5.74) is 0.300. The number of anilines is 1. The summed E-state index contributed by atoms with van der Waals surface area (Å²) in [5, 5.41) is 8.03. The third-order valence-electron chi connectivity index (χ3n) is 3.48. The van der Waals surface area contributed by atoms with E-state index in [1.54, 1.807) is 23.6 Å². The van der Waals surface area contributed by atoms with Crippen molar-refractivity contribution < 1.29 is 23.2 Å². The zero-order chi connectivity index (χ0) is 19.4. The van der Waals surface area contributed by atoms with Gasteiger partial charge in [0.05, 0.1) is 17.1 Å². The highest BCUT2D eigenvalue weighted by Gasteiger charge is 2.17. The van der Waals surface area contributed by atoms with Crippen LogP contribution in [0.3, 0.4) is 0 Å². The van der Waals surface area contributed by atoms with Gasteiger partial charge in [-0.15, -0.1) is 11.3 Å². The number of hydrogen-bond acceptors (Lipinski definition) is 5. The minimum Gasteiger partial charge on any atom is -0.343 e. The number of benzene rings is 1. The first-order valence-electron chi connectivity index (χ1n) is 7.64. The third-order valence-corrected chi connectivity index (χ3v) is 5.24. The summed E-state index contributed by atoms with van der Waals surface area (Å²) in [5.74, 6) is -3.93. The molecule has 0 aliphatic rings. The Labute approximate surface area is 160 Å². The molecule has 0 bridgehead atoms. The monoisotopic (exact) mass is 406 g/mol. The second kappa shape index (κ2) is 8.19. The zero-order valence-corrected chi connectivity index (χ0v) is 15.3. The molecule has 0 spiro atoms. The Balaban J connectivity index is 1.56. The molecule has 0 fully saturated rings. The fourth-order valence-electron chi connectivity index (χ4n) is 2.15. The van der Waals surface area contributed by atoms with Crippen molar-refractivity contribution >= 4 is 46.0 Å². The Hall–Kier alpha value is -2.91. The van der Waals surface area contributed by atoms with E-state index >= 15 is 0 Å². The molecule has 0 aliphatic carbocycles. The smallest absolute Gasteiger partial charge is 0.313 e. The second-order valence-electron chi connectivity index (χ2n) is 5.37. The lowest BCUT2D eigenvalue weighted by atomic mass is 10.2. The van der Waals surface area contributed by atoms with Crippen molar-refractivity contribution in [2.45, 2.75) is 6.54 Å². The van der Waals surface area contributed by atoms with E-state index in [0.29, 0.717) is 21.4 Å².